The number of sulfonamides is 1. The standard InChI is InChI=1S/C14H19N7O2S2/c1-5-21-12-7-6-10(25(22,23)19(2)3)8-11(12)15-13(21)9-24-14-16-17-18-20(14)4/h6-8H,5,9H2,1-4H3. The van der Waals surface area contributed by atoms with Crippen LogP contribution in [0.25, 0.3) is 11.0 Å². The van der Waals surface area contributed by atoms with Crippen LogP contribution in [0.2, 0.25) is 0 Å². The number of nitrogens with zero attached hydrogens (tertiary/aromatic N) is 7. The van der Waals surface area contributed by atoms with Crippen molar-refractivity contribution in [1.82, 2.24) is 34.1 Å². The van der Waals surface area contributed by atoms with E-state index in [2.05, 4.69) is 25.1 Å². The predicted molar refractivity (Wildman–Crippen MR) is 94.6 cm³/mol. The van der Waals surface area contributed by atoms with Crippen molar-refractivity contribution in [2.75, 3.05) is 14.1 Å². The summed E-state index contributed by atoms with van der Waals surface area (Å²) >= 11 is 1.48. The Morgan fingerprint density at radius 2 is 2.04 bits per heavy atom. The van der Waals surface area contributed by atoms with Crippen LogP contribution in [-0.4, -0.2) is 56.6 Å². The molecule has 0 unspecified atom stereocenters. The Bertz CT molecular complexity index is 1010. The molecule has 2 heterocycles. The van der Waals surface area contributed by atoms with Gasteiger partial charge in [0.15, 0.2) is 0 Å². The monoisotopic (exact) mass is 381 g/mol. The average Bonchev–Trinajstić information content (AvgIpc) is 3.14. The van der Waals surface area contributed by atoms with Crippen LogP contribution in [0.4, 0.5) is 0 Å². The number of aromatic nitrogens is 6. The van der Waals surface area contributed by atoms with E-state index in [1.165, 1.54) is 30.2 Å². The fraction of sp³-hybridized carbons (Fsp3) is 0.429. The fourth-order valence-corrected chi connectivity index (χ4v) is 4.18. The van der Waals surface area contributed by atoms with Gasteiger partial charge in [-0.05, 0) is 35.5 Å². The third kappa shape index (κ3) is 3.26. The maximum absolute atomic E-state index is 12.3. The zero-order valence-corrected chi connectivity index (χ0v) is 16.0. The van der Waals surface area contributed by atoms with Crippen molar-refractivity contribution in [2.45, 2.75) is 29.3 Å². The van der Waals surface area contributed by atoms with Gasteiger partial charge in [-0.3, -0.25) is 0 Å². The quantitative estimate of drug-likeness (QED) is 0.590. The second-order valence-electron chi connectivity index (χ2n) is 5.58. The first kappa shape index (κ1) is 17.8. The molecule has 0 bridgehead atoms. The largest absolute Gasteiger partial charge is 0.328 e. The fourth-order valence-electron chi connectivity index (χ4n) is 2.47. The molecule has 25 heavy (non-hydrogen) atoms. The normalized spacial score (nSPS) is 12.4. The summed E-state index contributed by atoms with van der Waals surface area (Å²) in [7, 11) is 1.33. The molecule has 3 rings (SSSR count). The molecule has 0 aliphatic heterocycles. The number of fused-ring (bicyclic) bond motifs is 1. The van der Waals surface area contributed by atoms with Crippen LogP contribution in [0.3, 0.4) is 0 Å². The number of benzene rings is 1. The van der Waals surface area contributed by atoms with Crippen LogP contribution >= 0.6 is 11.8 Å². The molecule has 1 aromatic carbocycles. The molecule has 134 valence electrons. The summed E-state index contributed by atoms with van der Waals surface area (Å²) in [6, 6.07) is 5.05. The lowest BCUT2D eigenvalue weighted by atomic mass is 10.3. The highest BCUT2D eigenvalue weighted by Crippen LogP contribution is 2.25. The molecular weight excluding hydrogens is 362 g/mol. The van der Waals surface area contributed by atoms with Crippen LogP contribution in [-0.2, 0) is 29.4 Å². The Morgan fingerprint density at radius 3 is 2.64 bits per heavy atom. The van der Waals surface area contributed by atoms with E-state index in [1.54, 1.807) is 29.9 Å². The van der Waals surface area contributed by atoms with Crippen molar-refractivity contribution in [3.63, 3.8) is 0 Å². The van der Waals surface area contributed by atoms with Crippen molar-refractivity contribution in [2.24, 2.45) is 7.05 Å². The van der Waals surface area contributed by atoms with Gasteiger partial charge in [0.05, 0.1) is 21.7 Å². The van der Waals surface area contributed by atoms with E-state index >= 15 is 0 Å². The number of tetrazole rings is 1. The van der Waals surface area contributed by atoms with E-state index in [9.17, 15) is 8.42 Å². The van der Waals surface area contributed by atoms with Gasteiger partial charge in [0.2, 0.25) is 15.2 Å². The molecule has 3 aromatic rings. The zero-order valence-electron chi connectivity index (χ0n) is 14.4. The van der Waals surface area contributed by atoms with Crippen LogP contribution in [0.15, 0.2) is 28.3 Å². The summed E-state index contributed by atoms with van der Waals surface area (Å²) in [6.45, 7) is 2.77. The molecule has 0 saturated heterocycles. The zero-order chi connectivity index (χ0) is 18.2. The van der Waals surface area contributed by atoms with E-state index in [4.69, 9.17) is 0 Å². The molecule has 0 aliphatic carbocycles. The van der Waals surface area contributed by atoms with Crippen molar-refractivity contribution in [1.29, 1.82) is 0 Å². The van der Waals surface area contributed by atoms with Crippen molar-refractivity contribution < 1.29 is 8.42 Å². The van der Waals surface area contributed by atoms with Crippen LogP contribution < -0.4 is 0 Å². The summed E-state index contributed by atoms with van der Waals surface area (Å²) in [5.74, 6) is 1.44. The number of hydrogen-bond acceptors (Lipinski definition) is 7. The Balaban J connectivity index is 1.98. The molecule has 0 atom stereocenters. The second kappa shape index (κ2) is 6.73. The molecule has 11 heteroatoms. The minimum Gasteiger partial charge on any atom is -0.328 e. The van der Waals surface area contributed by atoms with Gasteiger partial charge in [-0.1, -0.05) is 11.8 Å². The molecular formula is C14H19N7O2S2. The summed E-state index contributed by atoms with van der Waals surface area (Å²) < 4.78 is 29.5. The van der Waals surface area contributed by atoms with Gasteiger partial charge in [-0.15, -0.1) is 5.10 Å². The average molecular weight is 381 g/mol. The number of hydrogen-bond donors (Lipinski definition) is 0. The van der Waals surface area contributed by atoms with Crippen LogP contribution in [0, 0.1) is 0 Å². The minimum atomic E-state index is -3.48. The van der Waals surface area contributed by atoms with Gasteiger partial charge in [0, 0.05) is 27.7 Å². The van der Waals surface area contributed by atoms with Gasteiger partial charge >= 0.3 is 0 Å². The van der Waals surface area contributed by atoms with E-state index in [-0.39, 0.29) is 4.90 Å². The number of aryl methyl sites for hydroxylation is 2. The van der Waals surface area contributed by atoms with E-state index < -0.39 is 10.0 Å². The van der Waals surface area contributed by atoms with Crippen molar-refractivity contribution in [3.8, 4) is 0 Å². The highest BCUT2D eigenvalue weighted by molar-refractivity contribution is 7.98. The molecule has 9 nitrogen and oxygen atoms in total. The van der Waals surface area contributed by atoms with Crippen molar-refractivity contribution in [3.05, 3.63) is 24.0 Å². The molecule has 0 radical (unpaired) electrons. The van der Waals surface area contributed by atoms with Crippen LogP contribution in [0.1, 0.15) is 12.7 Å². The number of imidazole rings is 1. The first-order valence-electron chi connectivity index (χ1n) is 7.61. The number of rotatable bonds is 6. The summed E-state index contributed by atoms with van der Waals surface area (Å²) in [5.41, 5.74) is 1.57. The smallest absolute Gasteiger partial charge is 0.242 e. The van der Waals surface area contributed by atoms with Gasteiger partial charge in [0.1, 0.15) is 5.82 Å². The maximum atomic E-state index is 12.3. The van der Waals surface area contributed by atoms with E-state index in [1.807, 2.05) is 6.92 Å². The maximum Gasteiger partial charge on any atom is 0.242 e. The number of thioether (sulfide) groups is 1. The van der Waals surface area contributed by atoms with E-state index in [0.717, 1.165) is 17.9 Å². The minimum absolute atomic E-state index is 0.238. The first-order valence-corrected chi connectivity index (χ1v) is 10.0. The Hall–Kier alpha value is -1.98. The van der Waals surface area contributed by atoms with E-state index in [0.29, 0.717) is 16.4 Å². The lowest BCUT2D eigenvalue weighted by Gasteiger charge is -2.11. The Morgan fingerprint density at radius 1 is 1.28 bits per heavy atom. The molecule has 0 saturated carbocycles. The third-order valence-corrected chi connectivity index (χ3v) is 6.62. The van der Waals surface area contributed by atoms with Gasteiger partial charge in [0.25, 0.3) is 0 Å². The van der Waals surface area contributed by atoms with Crippen molar-refractivity contribution >= 4 is 32.8 Å². The molecule has 0 amide bonds. The van der Waals surface area contributed by atoms with Gasteiger partial charge in [-0.25, -0.2) is 22.4 Å². The molecule has 0 fully saturated rings. The summed E-state index contributed by atoms with van der Waals surface area (Å²) in [5, 5.41) is 12.1. The highest BCUT2D eigenvalue weighted by atomic mass is 32.2. The Labute approximate surface area is 150 Å². The van der Waals surface area contributed by atoms with Gasteiger partial charge < -0.3 is 4.57 Å². The predicted octanol–water partition coefficient (Wildman–Crippen LogP) is 1.12. The Kier molecular flexibility index (Phi) is 4.80. The topological polar surface area (TPSA) is 98.8 Å². The molecule has 2 aromatic heterocycles. The highest BCUT2D eigenvalue weighted by Gasteiger charge is 2.19. The molecule has 0 N–H and O–H groups in total. The third-order valence-electron chi connectivity index (χ3n) is 3.81. The second-order valence-corrected chi connectivity index (χ2v) is 8.68. The van der Waals surface area contributed by atoms with Gasteiger partial charge in [-0.2, -0.15) is 0 Å². The summed E-state index contributed by atoms with van der Waals surface area (Å²) in [6.07, 6.45) is 0. The molecule has 0 aliphatic rings. The SMILES string of the molecule is CCn1c(CSc2nnnn2C)nc2cc(S(=O)(=O)N(C)C)ccc21. The lowest BCUT2D eigenvalue weighted by molar-refractivity contribution is 0.521. The van der Waals surface area contributed by atoms with Crippen LogP contribution in [0.5, 0.6) is 0 Å². The summed E-state index contributed by atoms with van der Waals surface area (Å²) in [4.78, 5) is 4.87. The lowest BCUT2D eigenvalue weighted by Crippen LogP contribution is -2.22. The first-order chi connectivity index (χ1) is 11.8. The molecule has 0 spiro atoms.